The third-order valence-corrected chi connectivity index (χ3v) is 15.6. The molecular weight excluding hydrogens is 1020 g/mol. The summed E-state index contributed by atoms with van der Waals surface area (Å²) in [6, 6.07) is 87.9. The van der Waals surface area contributed by atoms with Gasteiger partial charge in [0.05, 0.1) is 11.4 Å². The van der Waals surface area contributed by atoms with E-state index in [2.05, 4.69) is 299 Å². The Morgan fingerprint density at radius 1 is 0.260 bits per heavy atom. The Morgan fingerprint density at radius 3 is 0.918 bits per heavy atom. The van der Waals surface area contributed by atoms with Crippen molar-refractivity contribution in [1.29, 1.82) is 0 Å². The normalized spacial score (nSPS) is 11.6. The quantitative estimate of drug-likeness (QED) is 0.140. The summed E-state index contributed by atoms with van der Waals surface area (Å²) in [4.78, 5) is 4.93. The first kappa shape index (κ1) is 44.9. The van der Waals surface area contributed by atoms with Gasteiger partial charge in [-0.2, -0.15) is 0 Å². The summed E-state index contributed by atoms with van der Waals surface area (Å²) >= 11 is 7.41. The van der Waals surface area contributed by atoms with E-state index in [9.17, 15) is 0 Å². The summed E-state index contributed by atoms with van der Waals surface area (Å²) in [5.74, 6) is 0. The highest BCUT2D eigenvalue weighted by Gasteiger charge is 2.26. The van der Waals surface area contributed by atoms with Crippen molar-refractivity contribution < 1.29 is 0 Å². The molecule has 0 fully saturated rings. The smallest absolute Gasteiger partial charge is 0.0618 e. The standard InChI is InChI=1S/C69H48Br2N2/c1-43-20-30-54(31-21-43)72(56-34-26-46-39-52(70)28-24-48(46)41-56)68-62-16-8-4-12-58(62)66(59-13-5-9-17-63(59)68)50-36-45(3)37-51(38-50)67-60-14-6-10-18-64(60)69(65-19-11-7-15-61(65)67)73(55-32-22-44(2)23-33-55)57-35-27-47-40-53(71)29-25-49(47)42-57/h4-42H,1-3H3. The molecule has 0 heterocycles. The number of hydrogen-bond donors (Lipinski definition) is 0. The molecule has 0 aliphatic heterocycles. The lowest BCUT2D eigenvalue weighted by atomic mass is 9.85. The average Bonchev–Trinajstić information content (AvgIpc) is 3.41. The number of benzene rings is 13. The van der Waals surface area contributed by atoms with Crippen LogP contribution in [0, 0.1) is 20.8 Å². The van der Waals surface area contributed by atoms with Crippen LogP contribution in [0.2, 0.25) is 0 Å². The molecule has 0 aromatic heterocycles. The van der Waals surface area contributed by atoms with E-state index < -0.39 is 0 Å². The van der Waals surface area contributed by atoms with Gasteiger partial charge in [-0.3, -0.25) is 0 Å². The maximum Gasteiger partial charge on any atom is 0.0618 e. The van der Waals surface area contributed by atoms with Crippen LogP contribution in [0.1, 0.15) is 16.7 Å². The minimum atomic E-state index is 1.07. The van der Waals surface area contributed by atoms with Gasteiger partial charge >= 0.3 is 0 Å². The molecule has 0 unspecified atom stereocenters. The molecule has 0 N–H and O–H groups in total. The zero-order valence-corrected chi connectivity index (χ0v) is 43.8. The van der Waals surface area contributed by atoms with Crippen molar-refractivity contribution in [2.24, 2.45) is 0 Å². The predicted octanol–water partition coefficient (Wildman–Crippen LogP) is 21.3. The van der Waals surface area contributed by atoms with Gasteiger partial charge in [0, 0.05) is 53.2 Å². The molecule has 13 rings (SSSR count). The molecule has 13 aromatic carbocycles. The zero-order chi connectivity index (χ0) is 49.3. The number of anilines is 6. The lowest BCUT2D eigenvalue weighted by Gasteiger charge is -2.30. The molecule has 13 aromatic rings. The van der Waals surface area contributed by atoms with Crippen LogP contribution < -0.4 is 9.80 Å². The molecule has 0 saturated heterocycles. The van der Waals surface area contributed by atoms with Crippen LogP contribution in [-0.2, 0) is 0 Å². The van der Waals surface area contributed by atoms with E-state index in [4.69, 9.17) is 0 Å². The number of aryl methyl sites for hydroxylation is 3. The van der Waals surface area contributed by atoms with Gasteiger partial charge in [-0.25, -0.2) is 0 Å². The van der Waals surface area contributed by atoms with Gasteiger partial charge in [-0.05, 0) is 171 Å². The summed E-state index contributed by atoms with van der Waals surface area (Å²) in [5, 5.41) is 14.3. The van der Waals surface area contributed by atoms with E-state index in [1.807, 2.05) is 0 Å². The van der Waals surface area contributed by atoms with Crippen molar-refractivity contribution in [3.05, 3.63) is 262 Å². The molecule has 348 valence electrons. The van der Waals surface area contributed by atoms with Crippen molar-refractivity contribution in [2.45, 2.75) is 20.8 Å². The van der Waals surface area contributed by atoms with Crippen LogP contribution in [0.25, 0.3) is 86.9 Å². The SMILES string of the molecule is Cc1ccc(N(c2ccc3cc(Br)ccc3c2)c2c3ccccc3c(-c3cc(C)cc(-c4c5ccccc5c(N(c5ccc(C)cc5)c5ccc6cc(Br)ccc6c5)c5ccccc45)c3)c3ccccc23)cc1. The van der Waals surface area contributed by atoms with Gasteiger partial charge < -0.3 is 9.80 Å². The highest BCUT2D eigenvalue weighted by Crippen LogP contribution is 2.52. The van der Waals surface area contributed by atoms with E-state index in [1.54, 1.807) is 0 Å². The Hall–Kier alpha value is -8.02. The van der Waals surface area contributed by atoms with Gasteiger partial charge in [0.1, 0.15) is 0 Å². The number of halogens is 2. The van der Waals surface area contributed by atoms with Crippen molar-refractivity contribution >= 4 is 131 Å². The first-order valence-electron chi connectivity index (χ1n) is 24.9. The van der Waals surface area contributed by atoms with Crippen LogP contribution in [0.5, 0.6) is 0 Å². The van der Waals surface area contributed by atoms with E-state index >= 15 is 0 Å². The van der Waals surface area contributed by atoms with Crippen LogP contribution in [0.3, 0.4) is 0 Å². The lowest BCUT2D eigenvalue weighted by Crippen LogP contribution is -2.11. The van der Waals surface area contributed by atoms with Gasteiger partial charge in [0.15, 0.2) is 0 Å². The molecule has 0 saturated carbocycles. The molecule has 0 atom stereocenters. The summed E-state index contributed by atoms with van der Waals surface area (Å²) < 4.78 is 2.15. The fourth-order valence-corrected chi connectivity index (χ4v) is 12.0. The highest BCUT2D eigenvalue weighted by atomic mass is 79.9. The molecule has 0 amide bonds. The number of hydrogen-bond acceptors (Lipinski definition) is 2. The Bertz CT molecular complexity index is 3940. The van der Waals surface area contributed by atoms with E-state index in [0.717, 1.165) is 43.1 Å². The van der Waals surface area contributed by atoms with Gasteiger partial charge in [-0.1, -0.05) is 201 Å². The van der Waals surface area contributed by atoms with E-state index in [-0.39, 0.29) is 0 Å². The van der Waals surface area contributed by atoms with E-state index in [0.29, 0.717) is 0 Å². The summed E-state index contributed by atoms with van der Waals surface area (Å²) in [7, 11) is 0. The van der Waals surface area contributed by atoms with Crippen LogP contribution in [-0.4, -0.2) is 0 Å². The van der Waals surface area contributed by atoms with Crippen molar-refractivity contribution in [2.75, 3.05) is 9.80 Å². The van der Waals surface area contributed by atoms with E-state index in [1.165, 1.54) is 104 Å². The monoisotopic (exact) mass is 1060 g/mol. The largest absolute Gasteiger partial charge is 0.309 e. The predicted molar refractivity (Wildman–Crippen MR) is 321 cm³/mol. The molecular formula is C69H48Br2N2. The summed E-state index contributed by atoms with van der Waals surface area (Å²) in [5.41, 5.74) is 15.2. The Balaban J connectivity index is 1.05. The summed E-state index contributed by atoms with van der Waals surface area (Å²) in [6.07, 6.45) is 0. The maximum absolute atomic E-state index is 3.70. The molecule has 0 aliphatic rings. The molecule has 73 heavy (non-hydrogen) atoms. The molecule has 2 nitrogen and oxygen atoms in total. The fraction of sp³-hybridized carbons (Fsp3) is 0.0435. The third-order valence-electron chi connectivity index (χ3n) is 14.6. The van der Waals surface area contributed by atoms with Crippen molar-refractivity contribution in [3.8, 4) is 22.3 Å². The molecule has 0 bridgehead atoms. The minimum absolute atomic E-state index is 1.07. The number of rotatable bonds is 8. The average molecular weight is 1060 g/mol. The number of fused-ring (bicyclic) bond motifs is 6. The molecule has 0 radical (unpaired) electrons. The number of nitrogens with zero attached hydrogens (tertiary/aromatic N) is 2. The van der Waals surface area contributed by atoms with Crippen molar-refractivity contribution in [3.63, 3.8) is 0 Å². The van der Waals surface area contributed by atoms with Crippen LogP contribution in [0.15, 0.2) is 246 Å². The van der Waals surface area contributed by atoms with Gasteiger partial charge in [-0.15, -0.1) is 0 Å². The first-order valence-corrected chi connectivity index (χ1v) is 26.4. The highest BCUT2D eigenvalue weighted by molar-refractivity contribution is 9.10. The first-order chi connectivity index (χ1) is 35.7. The van der Waals surface area contributed by atoms with Crippen LogP contribution in [0.4, 0.5) is 34.1 Å². The Morgan fingerprint density at radius 2 is 0.562 bits per heavy atom. The fourth-order valence-electron chi connectivity index (χ4n) is 11.3. The molecule has 4 heteroatoms. The molecule has 0 spiro atoms. The second-order valence-corrected chi connectivity index (χ2v) is 21.2. The minimum Gasteiger partial charge on any atom is -0.309 e. The van der Waals surface area contributed by atoms with Crippen molar-refractivity contribution in [1.82, 2.24) is 0 Å². The zero-order valence-electron chi connectivity index (χ0n) is 40.7. The second-order valence-electron chi connectivity index (χ2n) is 19.4. The second kappa shape index (κ2) is 18.2. The topological polar surface area (TPSA) is 6.48 Å². The van der Waals surface area contributed by atoms with Gasteiger partial charge in [0.25, 0.3) is 0 Å². The summed E-state index contributed by atoms with van der Waals surface area (Å²) in [6.45, 7) is 6.56. The molecule has 0 aliphatic carbocycles. The Kier molecular flexibility index (Phi) is 11.2. The van der Waals surface area contributed by atoms with Gasteiger partial charge in [0.2, 0.25) is 0 Å². The maximum atomic E-state index is 3.70. The Labute approximate surface area is 442 Å². The third kappa shape index (κ3) is 7.94. The van der Waals surface area contributed by atoms with Crippen LogP contribution >= 0.6 is 31.9 Å². The lowest BCUT2D eigenvalue weighted by molar-refractivity contribution is 1.30.